The van der Waals surface area contributed by atoms with E-state index in [4.69, 9.17) is 4.74 Å². The summed E-state index contributed by atoms with van der Waals surface area (Å²) in [6, 6.07) is 8.24. The van der Waals surface area contributed by atoms with Crippen LogP contribution in [0.3, 0.4) is 0 Å². The molecule has 64 valence electrons. The van der Waals surface area contributed by atoms with Gasteiger partial charge in [-0.3, -0.25) is 0 Å². The molecule has 1 aromatic rings. The highest BCUT2D eigenvalue weighted by Crippen LogP contribution is 2.39. The van der Waals surface area contributed by atoms with Gasteiger partial charge in [0.25, 0.3) is 0 Å². The minimum atomic E-state index is 0.266. The minimum absolute atomic E-state index is 0.266. The Morgan fingerprint density at radius 1 is 1.23 bits per heavy atom. The lowest BCUT2D eigenvalue weighted by Gasteiger charge is -2.12. The first-order valence-corrected chi connectivity index (χ1v) is 4.58. The Balaban J connectivity index is 2.18. The zero-order valence-corrected chi connectivity index (χ0v) is 7.23. The molecule has 0 bridgehead atoms. The van der Waals surface area contributed by atoms with Crippen molar-refractivity contribution in [3.05, 3.63) is 48.1 Å². The Hall–Kier alpha value is -1.50. The molecular weight excluding hydrogens is 160 g/mol. The van der Waals surface area contributed by atoms with Gasteiger partial charge in [-0.2, -0.15) is 0 Å². The van der Waals surface area contributed by atoms with Crippen LogP contribution in [-0.2, 0) is 0 Å². The Labute approximate surface area is 77.3 Å². The van der Waals surface area contributed by atoms with E-state index in [2.05, 4.69) is 30.4 Å². The summed E-state index contributed by atoms with van der Waals surface area (Å²) in [4.78, 5) is 0. The minimum Gasteiger partial charge on any atom is -0.485 e. The Morgan fingerprint density at radius 3 is 3.15 bits per heavy atom. The second-order valence-corrected chi connectivity index (χ2v) is 3.39. The third-order valence-electron chi connectivity index (χ3n) is 2.58. The molecule has 1 heteroatoms. The largest absolute Gasteiger partial charge is 0.485 e. The molecule has 1 aromatic carbocycles. The number of hydrogen-bond acceptors (Lipinski definition) is 1. The number of para-hydroxylation sites is 1. The third kappa shape index (κ3) is 0.934. The molecule has 1 atom stereocenters. The molecule has 1 heterocycles. The van der Waals surface area contributed by atoms with Gasteiger partial charge < -0.3 is 4.74 Å². The van der Waals surface area contributed by atoms with Gasteiger partial charge in [0.2, 0.25) is 0 Å². The molecule has 0 fully saturated rings. The van der Waals surface area contributed by atoms with Crippen LogP contribution >= 0.6 is 0 Å². The first-order valence-electron chi connectivity index (χ1n) is 4.58. The third-order valence-corrected chi connectivity index (χ3v) is 2.58. The SMILES string of the molecule is C1=CCC2Oc3ccccc3C2=C1. The zero-order chi connectivity index (χ0) is 8.67. The number of ether oxygens (including phenoxy) is 1. The van der Waals surface area contributed by atoms with Crippen LogP contribution in [0.1, 0.15) is 12.0 Å². The van der Waals surface area contributed by atoms with Crippen LogP contribution in [0.25, 0.3) is 5.57 Å². The van der Waals surface area contributed by atoms with E-state index in [-0.39, 0.29) is 6.10 Å². The monoisotopic (exact) mass is 170 g/mol. The van der Waals surface area contributed by atoms with Gasteiger partial charge in [-0.1, -0.05) is 36.4 Å². The van der Waals surface area contributed by atoms with E-state index in [1.807, 2.05) is 12.1 Å². The van der Waals surface area contributed by atoms with Gasteiger partial charge in [-0.25, -0.2) is 0 Å². The topological polar surface area (TPSA) is 9.23 Å². The Kier molecular flexibility index (Phi) is 1.33. The van der Waals surface area contributed by atoms with Crippen LogP contribution in [0.2, 0.25) is 0 Å². The molecule has 0 aromatic heterocycles. The van der Waals surface area contributed by atoms with E-state index in [1.165, 1.54) is 11.1 Å². The van der Waals surface area contributed by atoms with E-state index in [1.54, 1.807) is 0 Å². The van der Waals surface area contributed by atoms with Crippen LogP contribution < -0.4 is 4.74 Å². The number of fused-ring (bicyclic) bond motifs is 3. The predicted octanol–water partition coefficient (Wildman–Crippen LogP) is 2.79. The van der Waals surface area contributed by atoms with Crippen LogP contribution in [0.4, 0.5) is 0 Å². The van der Waals surface area contributed by atoms with Gasteiger partial charge in [0.05, 0.1) is 0 Å². The standard InChI is InChI=1S/C12H10O/c1-3-7-11-9(5-1)10-6-2-4-8-12(10)13-11/h1-7,12H,8H2. The first kappa shape index (κ1) is 6.96. The molecule has 2 aliphatic rings. The number of rotatable bonds is 0. The fraction of sp³-hybridized carbons (Fsp3) is 0.167. The van der Waals surface area contributed by atoms with Crippen molar-refractivity contribution in [2.45, 2.75) is 12.5 Å². The molecule has 0 saturated carbocycles. The number of benzene rings is 1. The van der Waals surface area contributed by atoms with Gasteiger partial charge in [-0.15, -0.1) is 0 Å². The van der Waals surface area contributed by atoms with Crippen molar-refractivity contribution in [2.75, 3.05) is 0 Å². The highest BCUT2D eigenvalue weighted by atomic mass is 16.5. The van der Waals surface area contributed by atoms with E-state index in [0.717, 1.165) is 12.2 Å². The maximum Gasteiger partial charge on any atom is 0.128 e. The van der Waals surface area contributed by atoms with Gasteiger partial charge >= 0.3 is 0 Å². The van der Waals surface area contributed by atoms with Crippen LogP contribution in [-0.4, -0.2) is 6.10 Å². The molecule has 0 amide bonds. The molecule has 0 spiro atoms. The quantitative estimate of drug-likeness (QED) is 0.581. The molecule has 13 heavy (non-hydrogen) atoms. The Morgan fingerprint density at radius 2 is 2.15 bits per heavy atom. The molecule has 0 N–H and O–H groups in total. The smallest absolute Gasteiger partial charge is 0.128 e. The first-order chi connectivity index (χ1) is 6.45. The lowest BCUT2D eigenvalue weighted by Crippen LogP contribution is -2.11. The van der Waals surface area contributed by atoms with E-state index < -0.39 is 0 Å². The van der Waals surface area contributed by atoms with Crippen molar-refractivity contribution < 1.29 is 4.74 Å². The maximum absolute atomic E-state index is 5.79. The lowest BCUT2D eigenvalue weighted by atomic mass is 9.97. The predicted molar refractivity (Wildman–Crippen MR) is 52.6 cm³/mol. The van der Waals surface area contributed by atoms with Gasteiger partial charge in [0.1, 0.15) is 11.9 Å². The van der Waals surface area contributed by atoms with Crippen molar-refractivity contribution in [3.8, 4) is 5.75 Å². The van der Waals surface area contributed by atoms with Crippen LogP contribution in [0, 0.1) is 0 Å². The molecule has 0 saturated heterocycles. The van der Waals surface area contributed by atoms with Crippen molar-refractivity contribution in [1.29, 1.82) is 0 Å². The van der Waals surface area contributed by atoms with Crippen molar-refractivity contribution in [3.63, 3.8) is 0 Å². The summed E-state index contributed by atoms with van der Waals surface area (Å²) in [5.74, 6) is 1.03. The van der Waals surface area contributed by atoms with Gasteiger partial charge in [0.15, 0.2) is 0 Å². The van der Waals surface area contributed by atoms with Gasteiger partial charge in [-0.05, 0) is 6.07 Å². The summed E-state index contributed by atoms with van der Waals surface area (Å²) in [5.41, 5.74) is 2.59. The van der Waals surface area contributed by atoms with E-state index in [0.29, 0.717) is 0 Å². The average molecular weight is 170 g/mol. The van der Waals surface area contributed by atoms with Crippen molar-refractivity contribution >= 4 is 5.57 Å². The molecule has 1 aliphatic carbocycles. The molecule has 1 aliphatic heterocycles. The number of allylic oxidation sites excluding steroid dienone is 2. The summed E-state index contributed by atoms with van der Waals surface area (Å²) in [5, 5.41) is 0. The summed E-state index contributed by atoms with van der Waals surface area (Å²) in [6.45, 7) is 0. The maximum atomic E-state index is 5.79. The van der Waals surface area contributed by atoms with Crippen molar-refractivity contribution in [1.82, 2.24) is 0 Å². The molecule has 1 unspecified atom stereocenters. The van der Waals surface area contributed by atoms with Crippen LogP contribution in [0.15, 0.2) is 42.5 Å². The summed E-state index contributed by atoms with van der Waals surface area (Å²) in [7, 11) is 0. The fourth-order valence-corrected chi connectivity index (χ4v) is 1.94. The molecule has 0 radical (unpaired) electrons. The molecule has 3 rings (SSSR count). The zero-order valence-electron chi connectivity index (χ0n) is 7.23. The van der Waals surface area contributed by atoms with Gasteiger partial charge in [0, 0.05) is 17.6 Å². The molecule has 1 nitrogen and oxygen atoms in total. The summed E-state index contributed by atoms with van der Waals surface area (Å²) in [6.07, 6.45) is 7.68. The van der Waals surface area contributed by atoms with E-state index >= 15 is 0 Å². The highest BCUT2D eigenvalue weighted by molar-refractivity contribution is 5.79. The summed E-state index contributed by atoms with van der Waals surface area (Å²) < 4.78 is 5.79. The fourth-order valence-electron chi connectivity index (χ4n) is 1.94. The highest BCUT2D eigenvalue weighted by Gasteiger charge is 2.27. The summed E-state index contributed by atoms with van der Waals surface area (Å²) >= 11 is 0. The normalized spacial score (nSPS) is 23.1. The van der Waals surface area contributed by atoms with Crippen molar-refractivity contribution in [2.24, 2.45) is 0 Å². The van der Waals surface area contributed by atoms with Crippen LogP contribution in [0.5, 0.6) is 5.75 Å². The van der Waals surface area contributed by atoms with E-state index in [9.17, 15) is 0 Å². The number of hydrogen-bond donors (Lipinski definition) is 0. The second kappa shape index (κ2) is 2.49. The second-order valence-electron chi connectivity index (χ2n) is 3.39. The average Bonchev–Trinajstić information content (AvgIpc) is 2.56. The lowest BCUT2D eigenvalue weighted by molar-refractivity contribution is 0.279. The molecular formula is C12H10O. The Bertz CT molecular complexity index is 401.